The van der Waals surface area contributed by atoms with Crippen molar-refractivity contribution < 1.29 is 4.79 Å². The Kier molecular flexibility index (Phi) is 4.62. The quantitative estimate of drug-likeness (QED) is 0.878. The highest BCUT2D eigenvalue weighted by atomic mass is 79.9. The van der Waals surface area contributed by atoms with Crippen LogP contribution in [0.1, 0.15) is 23.0 Å². The zero-order valence-corrected chi connectivity index (χ0v) is 13.1. The second-order valence-electron chi connectivity index (χ2n) is 4.21. The van der Waals surface area contributed by atoms with Gasteiger partial charge in [-0.05, 0) is 52.7 Å². The van der Waals surface area contributed by atoms with E-state index in [4.69, 9.17) is 17.3 Å². The maximum Gasteiger partial charge on any atom is 0.255 e. The highest BCUT2D eigenvalue weighted by molar-refractivity contribution is 9.10. The monoisotopic (exact) mass is 353 g/mol. The van der Waals surface area contributed by atoms with Crippen molar-refractivity contribution in [2.75, 3.05) is 11.1 Å². The second-order valence-corrected chi connectivity index (χ2v) is 5.47. The molecule has 20 heavy (non-hydrogen) atoms. The minimum Gasteiger partial charge on any atom is -0.384 e. The third kappa shape index (κ3) is 3.49. The van der Waals surface area contributed by atoms with Gasteiger partial charge < -0.3 is 11.1 Å². The topological polar surface area (TPSA) is 68.0 Å². The van der Waals surface area contributed by atoms with E-state index in [0.29, 0.717) is 22.1 Å². The van der Waals surface area contributed by atoms with Crippen LogP contribution in [0.4, 0.5) is 11.5 Å². The smallest absolute Gasteiger partial charge is 0.255 e. The van der Waals surface area contributed by atoms with E-state index in [1.807, 2.05) is 6.92 Å². The third-order valence-corrected chi connectivity index (χ3v) is 3.93. The van der Waals surface area contributed by atoms with E-state index in [1.165, 1.54) is 0 Å². The first kappa shape index (κ1) is 14.8. The van der Waals surface area contributed by atoms with Crippen LogP contribution in [0, 0.1) is 0 Å². The Morgan fingerprint density at radius 3 is 2.80 bits per heavy atom. The van der Waals surface area contributed by atoms with Crippen molar-refractivity contribution in [2.45, 2.75) is 13.3 Å². The average Bonchev–Trinajstić information content (AvgIpc) is 2.42. The molecule has 6 heteroatoms. The SMILES string of the molecule is CCc1cc(C(=O)Nc2ccc(Br)c(Cl)c2)cc(N)n1. The van der Waals surface area contributed by atoms with Crippen LogP contribution in [0.2, 0.25) is 5.02 Å². The number of nitrogens with one attached hydrogen (secondary N) is 1. The van der Waals surface area contributed by atoms with Gasteiger partial charge >= 0.3 is 0 Å². The molecule has 0 saturated heterocycles. The van der Waals surface area contributed by atoms with E-state index in [1.54, 1.807) is 30.3 Å². The van der Waals surface area contributed by atoms with Crippen LogP contribution in [0.15, 0.2) is 34.8 Å². The van der Waals surface area contributed by atoms with E-state index in [2.05, 4.69) is 26.2 Å². The molecule has 0 radical (unpaired) electrons. The molecule has 1 amide bonds. The number of aromatic nitrogens is 1. The van der Waals surface area contributed by atoms with Crippen LogP contribution in [0.25, 0.3) is 0 Å². The summed E-state index contributed by atoms with van der Waals surface area (Å²) in [6.07, 6.45) is 0.718. The standard InChI is InChI=1S/C14H13BrClN3O/c1-2-9-5-8(6-13(17)18-9)14(20)19-10-3-4-11(15)12(16)7-10/h3-7H,2H2,1H3,(H2,17,18)(H,19,20). The molecule has 1 heterocycles. The fourth-order valence-electron chi connectivity index (χ4n) is 1.70. The molecule has 0 bridgehead atoms. The fraction of sp³-hybridized carbons (Fsp3) is 0.143. The number of halogens is 2. The highest BCUT2D eigenvalue weighted by Gasteiger charge is 2.09. The summed E-state index contributed by atoms with van der Waals surface area (Å²) in [5.74, 6) is 0.0931. The minimum absolute atomic E-state index is 0.243. The van der Waals surface area contributed by atoms with Gasteiger partial charge in [-0.2, -0.15) is 0 Å². The number of carbonyl (C=O) groups excluding carboxylic acids is 1. The number of benzene rings is 1. The van der Waals surface area contributed by atoms with Gasteiger partial charge in [0.05, 0.1) is 5.02 Å². The normalized spacial score (nSPS) is 10.3. The van der Waals surface area contributed by atoms with Crippen molar-refractivity contribution in [2.24, 2.45) is 0 Å². The lowest BCUT2D eigenvalue weighted by atomic mass is 10.1. The van der Waals surface area contributed by atoms with Crippen molar-refractivity contribution in [3.63, 3.8) is 0 Å². The summed E-state index contributed by atoms with van der Waals surface area (Å²) in [4.78, 5) is 16.3. The van der Waals surface area contributed by atoms with Crippen molar-refractivity contribution in [3.05, 3.63) is 51.1 Å². The number of hydrogen-bond acceptors (Lipinski definition) is 3. The molecular formula is C14H13BrClN3O. The first-order valence-electron chi connectivity index (χ1n) is 6.02. The summed E-state index contributed by atoms with van der Waals surface area (Å²) >= 11 is 9.29. The van der Waals surface area contributed by atoms with Crippen LogP contribution in [0.3, 0.4) is 0 Å². The van der Waals surface area contributed by atoms with Gasteiger partial charge in [0.2, 0.25) is 0 Å². The zero-order valence-electron chi connectivity index (χ0n) is 10.8. The van der Waals surface area contributed by atoms with Gasteiger partial charge in [-0.25, -0.2) is 4.98 Å². The van der Waals surface area contributed by atoms with E-state index in [9.17, 15) is 4.79 Å². The lowest BCUT2D eigenvalue weighted by Gasteiger charge is -2.08. The number of pyridine rings is 1. The Labute approximate surface area is 130 Å². The molecule has 0 unspecified atom stereocenters. The van der Waals surface area contributed by atoms with Crippen LogP contribution in [-0.2, 0) is 6.42 Å². The molecular weight excluding hydrogens is 342 g/mol. The summed E-state index contributed by atoms with van der Waals surface area (Å²) in [5.41, 5.74) is 7.58. The predicted molar refractivity (Wildman–Crippen MR) is 85.1 cm³/mol. The molecule has 0 aliphatic heterocycles. The largest absolute Gasteiger partial charge is 0.384 e. The summed E-state index contributed by atoms with van der Waals surface area (Å²) in [7, 11) is 0. The average molecular weight is 355 g/mol. The Balaban J connectivity index is 2.23. The molecule has 3 N–H and O–H groups in total. The van der Waals surface area contributed by atoms with Gasteiger partial charge in [-0.3, -0.25) is 4.79 Å². The first-order valence-corrected chi connectivity index (χ1v) is 7.19. The van der Waals surface area contributed by atoms with E-state index in [0.717, 1.165) is 16.6 Å². The second kappa shape index (κ2) is 6.24. The number of nitrogen functional groups attached to an aromatic ring is 1. The molecule has 104 valence electrons. The number of nitrogens with two attached hydrogens (primary N) is 1. The lowest BCUT2D eigenvalue weighted by molar-refractivity contribution is 0.102. The molecule has 0 atom stereocenters. The zero-order chi connectivity index (χ0) is 14.7. The molecule has 2 rings (SSSR count). The van der Waals surface area contributed by atoms with Crippen LogP contribution < -0.4 is 11.1 Å². The summed E-state index contributed by atoms with van der Waals surface area (Å²) in [6.45, 7) is 1.96. The van der Waals surface area contributed by atoms with E-state index >= 15 is 0 Å². The molecule has 0 aliphatic rings. The maximum atomic E-state index is 12.2. The number of rotatable bonds is 3. The third-order valence-electron chi connectivity index (χ3n) is 2.70. The van der Waals surface area contributed by atoms with Crippen molar-refractivity contribution in [1.82, 2.24) is 4.98 Å². The fourth-order valence-corrected chi connectivity index (χ4v) is 2.13. The number of carbonyl (C=O) groups is 1. The lowest BCUT2D eigenvalue weighted by Crippen LogP contribution is -2.13. The molecule has 0 saturated carbocycles. The van der Waals surface area contributed by atoms with Crippen molar-refractivity contribution in [1.29, 1.82) is 0 Å². The van der Waals surface area contributed by atoms with Crippen molar-refractivity contribution >= 4 is 44.9 Å². The number of anilines is 2. The van der Waals surface area contributed by atoms with Gasteiger partial charge in [-0.15, -0.1) is 0 Å². The molecule has 0 spiro atoms. The van der Waals surface area contributed by atoms with Crippen LogP contribution >= 0.6 is 27.5 Å². The number of amides is 1. The number of nitrogens with zero attached hydrogens (tertiary/aromatic N) is 1. The Hall–Kier alpha value is -1.59. The number of hydrogen-bond donors (Lipinski definition) is 2. The summed E-state index contributed by atoms with van der Waals surface area (Å²) in [5, 5.41) is 3.31. The molecule has 1 aromatic heterocycles. The van der Waals surface area contributed by atoms with Gasteiger partial charge in [0, 0.05) is 21.4 Å². The van der Waals surface area contributed by atoms with Gasteiger partial charge in [0.25, 0.3) is 5.91 Å². The first-order chi connectivity index (χ1) is 9.49. The molecule has 4 nitrogen and oxygen atoms in total. The molecule has 0 aliphatic carbocycles. The molecule has 0 fully saturated rings. The van der Waals surface area contributed by atoms with Gasteiger partial charge in [0.1, 0.15) is 5.82 Å². The van der Waals surface area contributed by atoms with Gasteiger partial charge in [-0.1, -0.05) is 18.5 Å². The Morgan fingerprint density at radius 2 is 2.15 bits per heavy atom. The van der Waals surface area contributed by atoms with E-state index < -0.39 is 0 Å². The Morgan fingerprint density at radius 1 is 1.40 bits per heavy atom. The van der Waals surface area contributed by atoms with Crippen LogP contribution in [0.5, 0.6) is 0 Å². The summed E-state index contributed by atoms with van der Waals surface area (Å²) < 4.78 is 0.776. The van der Waals surface area contributed by atoms with Gasteiger partial charge in [0.15, 0.2) is 0 Å². The molecule has 2 aromatic rings. The predicted octanol–water partition coefficient (Wildman–Crippen LogP) is 3.89. The summed E-state index contributed by atoms with van der Waals surface area (Å²) in [6, 6.07) is 8.49. The van der Waals surface area contributed by atoms with Crippen molar-refractivity contribution in [3.8, 4) is 0 Å². The maximum absolute atomic E-state index is 12.2. The molecule has 1 aromatic carbocycles. The minimum atomic E-state index is -0.243. The highest BCUT2D eigenvalue weighted by Crippen LogP contribution is 2.25. The number of aryl methyl sites for hydroxylation is 1. The van der Waals surface area contributed by atoms with E-state index in [-0.39, 0.29) is 5.91 Å². The Bertz CT molecular complexity index is 661. The van der Waals surface area contributed by atoms with Crippen LogP contribution in [-0.4, -0.2) is 10.9 Å².